The van der Waals surface area contributed by atoms with Gasteiger partial charge in [0.15, 0.2) is 0 Å². The van der Waals surface area contributed by atoms with E-state index in [4.69, 9.17) is 5.73 Å². The fourth-order valence-corrected chi connectivity index (χ4v) is 2.25. The second-order valence-corrected chi connectivity index (χ2v) is 4.98. The number of nitrogens with zero attached hydrogens (tertiary/aromatic N) is 1. The van der Waals surface area contributed by atoms with E-state index in [2.05, 4.69) is 23.5 Å². The van der Waals surface area contributed by atoms with Gasteiger partial charge < -0.3 is 11.1 Å². The molecule has 130 valence electrons. The van der Waals surface area contributed by atoms with E-state index in [-0.39, 0.29) is 18.1 Å². The van der Waals surface area contributed by atoms with Crippen LogP contribution in [0.25, 0.3) is 5.57 Å². The van der Waals surface area contributed by atoms with Crippen molar-refractivity contribution in [3.05, 3.63) is 65.6 Å². The molecule has 3 N–H and O–H groups in total. The maximum Gasteiger partial charge on any atom is 0.229 e. The van der Waals surface area contributed by atoms with Gasteiger partial charge in [-0.2, -0.15) is 0 Å². The molecular weight excluding hydrogens is 298 g/mol. The molecule has 0 aliphatic heterocycles. The van der Waals surface area contributed by atoms with Crippen molar-refractivity contribution in [3.8, 4) is 0 Å². The van der Waals surface area contributed by atoms with Crippen molar-refractivity contribution in [2.24, 2.45) is 10.7 Å². The lowest BCUT2D eigenvalue weighted by atomic mass is 9.91. The highest BCUT2D eigenvalue weighted by Gasteiger charge is 2.13. The van der Waals surface area contributed by atoms with E-state index in [1.54, 1.807) is 18.5 Å². The molecule has 1 aromatic carbocycles. The molecule has 1 amide bonds. The number of nitrogens with two attached hydrogens (primary N) is 1. The van der Waals surface area contributed by atoms with Gasteiger partial charge in [0.2, 0.25) is 5.91 Å². The van der Waals surface area contributed by atoms with E-state index >= 15 is 0 Å². The Morgan fingerprint density at radius 1 is 1.33 bits per heavy atom. The van der Waals surface area contributed by atoms with Gasteiger partial charge in [-0.3, -0.25) is 9.79 Å². The van der Waals surface area contributed by atoms with Crippen LogP contribution >= 0.6 is 0 Å². The summed E-state index contributed by atoms with van der Waals surface area (Å²) < 4.78 is 0. The lowest BCUT2D eigenvalue weighted by Crippen LogP contribution is -2.28. The first-order valence-corrected chi connectivity index (χ1v) is 8.04. The van der Waals surface area contributed by atoms with Crippen molar-refractivity contribution < 1.29 is 4.79 Å². The largest absolute Gasteiger partial charge is 0.386 e. The molecule has 1 aromatic rings. The predicted molar refractivity (Wildman–Crippen MR) is 105 cm³/mol. The number of hydrogen-bond donors (Lipinski definition) is 2. The zero-order valence-corrected chi connectivity index (χ0v) is 15.4. The molecule has 0 aromatic heterocycles. The Balaban J connectivity index is 0.00000254. The Hall–Kier alpha value is -2.62. The average molecular weight is 327 g/mol. The molecule has 4 nitrogen and oxygen atoms in total. The fourth-order valence-electron chi connectivity index (χ4n) is 2.25. The topological polar surface area (TPSA) is 67.5 Å². The Kier molecular flexibility index (Phi) is 9.80. The number of carbonyl (C=O) groups is 1. The van der Waals surface area contributed by atoms with Gasteiger partial charge in [0, 0.05) is 12.4 Å². The molecular formula is C20H29N3O. The highest BCUT2D eigenvalue weighted by molar-refractivity contribution is 5.83. The fraction of sp³-hybridized carbons (Fsp3) is 0.300. The third-order valence-corrected chi connectivity index (χ3v) is 3.36. The number of rotatable bonds is 6. The summed E-state index contributed by atoms with van der Waals surface area (Å²) in [5.41, 5.74) is 10.4. The number of aliphatic imine (C=N–C) groups is 1. The van der Waals surface area contributed by atoms with Crippen molar-refractivity contribution >= 4 is 17.7 Å². The summed E-state index contributed by atoms with van der Waals surface area (Å²) in [5, 5.41) is 2.53. The summed E-state index contributed by atoms with van der Waals surface area (Å²) >= 11 is 0. The smallest absolute Gasteiger partial charge is 0.229 e. The van der Waals surface area contributed by atoms with Gasteiger partial charge in [0.1, 0.15) is 0 Å². The average Bonchev–Trinajstić information content (AvgIpc) is 2.55. The zero-order chi connectivity index (χ0) is 18.7. The molecule has 0 saturated heterocycles. The van der Waals surface area contributed by atoms with Crippen LogP contribution < -0.4 is 11.1 Å². The van der Waals surface area contributed by atoms with E-state index in [0.717, 1.165) is 27.8 Å². The molecule has 0 aliphatic carbocycles. The van der Waals surface area contributed by atoms with Crippen LogP contribution in [-0.4, -0.2) is 12.1 Å². The summed E-state index contributed by atoms with van der Waals surface area (Å²) in [6, 6.07) is 4.02. The van der Waals surface area contributed by atoms with Gasteiger partial charge in [-0.15, -0.1) is 0 Å². The molecule has 0 atom stereocenters. The number of allylic oxidation sites excluding steroid dienone is 2. The monoisotopic (exact) mass is 327 g/mol. The quantitative estimate of drug-likeness (QED) is 0.612. The van der Waals surface area contributed by atoms with Gasteiger partial charge in [0.25, 0.3) is 0 Å². The summed E-state index contributed by atoms with van der Waals surface area (Å²) in [6.07, 6.45) is 5.49. The molecule has 0 spiro atoms. The molecule has 0 aliphatic rings. The van der Waals surface area contributed by atoms with E-state index in [1.807, 2.05) is 46.8 Å². The number of nitrogens with one attached hydrogen (secondary N) is 1. The van der Waals surface area contributed by atoms with Crippen LogP contribution in [0.1, 0.15) is 43.0 Å². The predicted octanol–water partition coefficient (Wildman–Crippen LogP) is 4.04. The van der Waals surface area contributed by atoms with Crippen LogP contribution in [0.5, 0.6) is 0 Å². The number of aryl methyl sites for hydroxylation is 1. The molecule has 4 heteroatoms. The van der Waals surface area contributed by atoms with Gasteiger partial charge in [-0.05, 0) is 48.6 Å². The highest BCUT2D eigenvalue weighted by atomic mass is 16.1. The lowest BCUT2D eigenvalue weighted by Gasteiger charge is -2.15. The van der Waals surface area contributed by atoms with Gasteiger partial charge >= 0.3 is 0 Å². The van der Waals surface area contributed by atoms with Crippen LogP contribution in [0, 0.1) is 13.8 Å². The Labute approximate surface area is 145 Å². The number of carbonyl (C=O) groups excluding carboxylic acids is 1. The minimum Gasteiger partial charge on any atom is -0.386 e. The van der Waals surface area contributed by atoms with Gasteiger partial charge in [-0.25, -0.2) is 0 Å². The summed E-state index contributed by atoms with van der Waals surface area (Å²) in [5.74, 6) is -0.0213. The molecule has 24 heavy (non-hydrogen) atoms. The van der Waals surface area contributed by atoms with E-state index < -0.39 is 0 Å². The SMILES string of the molecule is C=C/C(=C\N=CC)c1ccc(C)c(CC(=O)NC(=C)N)c1C.CC. The minimum absolute atomic E-state index is 0.153. The van der Waals surface area contributed by atoms with Crippen LogP contribution in [0.15, 0.2) is 48.4 Å². The first kappa shape index (κ1) is 21.4. The maximum atomic E-state index is 11.9. The zero-order valence-electron chi connectivity index (χ0n) is 15.4. The second-order valence-electron chi connectivity index (χ2n) is 4.98. The second kappa shape index (κ2) is 11.0. The summed E-state index contributed by atoms with van der Waals surface area (Å²) in [7, 11) is 0. The molecule has 0 unspecified atom stereocenters. The highest BCUT2D eigenvalue weighted by Crippen LogP contribution is 2.25. The lowest BCUT2D eigenvalue weighted by molar-refractivity contribution is -0.119. The molecule has 0 radical (unpaired) electrons. The molecule has 0 saturated carbocycles. The standard InChI is InChI=1S/C18H23N3O.C2H6/c1-6-15(11-20-7-2)16-9-8-12(3)17(13(16)4)10-18(22)21-14(5)19;1-2/h6-9,11H,1,5,10,19H2,2-4H3,(H,21,22);1-2H3/b15-11+,20-7?;. The van der Waals surface area contributed by atoms with E-state index in [1.165, 1.54) is 0 Å². The van der Waals surface area contributed by atoms with Crippen molar-refractivity contribution in [3.63, 3.8) is 0 Å². The third-order valence-electron chi connectivity index (χ3n) is 3.36. The van der Waals surface area contributed by atoms with Crippen molar-refractivity contribution in [2.75, 3.05) is 0 Å². The molecule has 1 rings (SSSR count). The summed E-state index contributed by atoms with van der Waals surface area (Å²) in [6.45, 7) is 17.2. The Morgan fingerprint density at radius 2 is 1.96 bits per heavy atom. The first-order chi connectivity index (χ1) is 11.4. The molecule has 0 heterocycles. The Morgan fingerprint density at radius 3 is 2.46 bits per heavy atom. The van der Waals surface area contributed by atoms with Crippen molar-refractivity contribution in [1.82, 2.24) is 5.32 Å². The number of hydrogen-bond acceptors (Lipinski definition) is 3. The van der Waals surface area contributed by atoms with Gasteiger partial charge in [0.05, 0.1) is 12.2 Å². The van der Waals surface area contributed by atoms with Crippen LogP contribution in [-0.2, 0) is 11.2 Å². The third kappa shape index (κ3) is 6.24. The first-order valence-electron chi connectivity index (χ1n) is 8.04. The van der Waals surface area contributed by atoms with E-state index in [0.29, 0.717) is 0 Å². The van der Waals surface area contributed by atoms with E-state index in [9.17, 15) is 4.79 Å². The molecule has 0 bridgehead atoms. The van der Waals surface area contributed by atoms with Crippen molar-refractivity contribution in [1.29, 1.82) is 0 Å². The van der Waals surface area contributed by atoms with Crippen LogP contribution in [0.4, 0.5) is 0 Å². The van der Waals surface area contributed by atoms with Crippen molar-refractivity contribution in [2.45, 2.75) is 41.0 Å². The maximum absolute atomic E-state index is 11.9. The number of amides is 1. The molecule has 0 fully saturated rings. The normalized spacial score (nSPS) is 10.8. The van der Waals surface area contributed by atoms with Crippen LogP contribution in [0.3, 0.4) is 0 Å². The summed E-state index contributed by atoms with van der Waals surface area (Å²) in [4.78, 5) is 16.1. The Bertz CT molecular complexity index is 655. The minimum atomic E-state index is -0.174. The van der Waals surface area contributed by atoms with Crippen LogP contribution in [0.2, 0.25) is 0 Å². The number of benzene rings is 1. The van der Waals surface area contributed by atoms with Gasteiger partial charge in [-0.1, -0.05) is 45.2 Å².